The van der Waals surface area contributed by atoms with Gasteiger partial charge >= 0.3 is 0 Å². The van der Waals surface area contributed by atoms with Gasteiger partial charge in [-0.15, -0.1) is 0 Å². The maximum absolute atomic E-state index is 12.2. The van der Waals surface area contributed by atoms with Crippen molar-refractivity contribution in [3.05, 3.63) is 0 Å². The van der Waals surface area contributed by atoms with Gasteiger partial charge in [-0.2, -0.15) is 0 Å². The van der Waals surface area contributed by atoms with E-state index in [9.17, 15) is 19.2 Å². The Morgan fingerprint density at radius 3 is 2.07 bits per heavy atom. The van der Waals surface area contributed by atoms with E-state index in [4.69, 9.17) is 17.2 Å². The van der Waals surface area contributed by atoms with Crippen molar-refractivity contribution in [3.63, 3.8) is 0 Å². The number of aliphatic imine (C=N–C) groups is 1. The highest BCUT2D eigenvalue weighted by Crippen LogP contribution is 2.01. The van der Waals surface area contributed by atoms with Crippen LogP contribution in [0.1, 0.15) is 39.0 Å². The van der Waals surface area contributed by atoms with Crippen molar-refractivity contribution in [2.24, 2.45) is 22.2 Å². The van der Waals surface area contributed by atoms with E-state index in [0.29, 0.717) is 45.2 Å². The SMILES string of the molecule is CNC(CCCN=C(N)N)C(=O)NCC(=O)NC(CCCCN)C(=O)NCC(C)=O. The quantitative estimate of drug-likeness (QED) is 0.0767. The summed E-state index contributed by atoms with van der Waals surface area (Å²) in [6.07, 6.45) is 2.79. The van der Waals surface area contributed by atoms with E-state index < -0.39 is 23.9 Å². The Bertz CT molecular complexity index is 593. The van der Waals surface area contributed by atoms with Gasteiger partial charge in [0.05, 0.1) is 19.1 Å². The molecule has 0 aliphatic carbocycles. The minimum absolute atomic E-state index is 0.00881. The molecule has 0 heterocycles. The Kier molecular flexibility index (Phi) is 14.6. The summed E-state index contributed by atoms with van der Waals surface area (Å²) in [6, 6.07) is -1.31. The minimum atomic E-state index is -0.806. The Morgan fingerprint density at radius 2 is 1.50 bits per heavy atom. The molecule has 2 unspecified atom stereocenters. The zero-order chi connectivity index (χ0) is 22.9. The molecule has 172 valence electrons. The van der Waals surface area contributed by atoms with Crippen LogP contribution in [0.15, 0.2) is 4.99 Å². The fourth-order valence-corrected chi connectivity index (χ4v) is 2.54. The zero-order valence-electron chi connectivity index (χ0n) is 17.8. The molecule has 0 aromatic rings. The van der Waals surface area contributed by atoms with Gasteiger partial charge < -0.3 is 38.5 Å². The first-order valence-corrected chi connectivity index (χ1v) is 9.98. The van der Waals surface area contributed by atoms with Crippen molar-refractivity contribution in [1.29, 1.82) is 0 Å². The molecule has 0 fully saturated rings. The standard InChI is InChI=1S/C18H36N8O4/c1-12(27)10-24-17(30)14(6-3-4-8-19)26-15(28)11-25-16(29)13(22-2)7-5-9-23-18(20)21/h13-14,22H,3-11,19H2,1-2H3,(H,24,30)(H,25,29)(H,26,28)(H4,20,21,23). The van der Waals surface area contributed by atoms with Crippen LogP contribution in [0.25, 0.3) is 0 Å². The Balaban J connectivity index is 4.58. The fourth-order valence-electron chi connectivity index (χ4n) is 2.54. The summed E-state index contributed by atoms with van der Waals surface area (Å²) in [5, 5.41) is 10.5. The summed E-state index contributed by atoms with van der Waals surface area (Å²) in [7, 11) is 1.64. The number of unbranched alkanes of at least 4 members (excludes halogenated alkanes) is 1. The number of nitrogens with two attached hydrogens (primary N) is 3. The van der Waals surface area contributed by atoms with Gasteiger partial charge in [-0.05, 0) is 52.6 Å². The third-order valence-electron chi connectivity index (χ3n) is 4.14. The summed E-state index contributed by atoms with van der Waals surface area (Å²) in [5.41, 5.74) is 16.0. The van der Waals surface area contributed by atoms with E-state index in [1.165, 1.54) is 6.92 Å². The van der Waals surface area contributed by atoms with E-state index in [1.807, 2.05) is 0 Å². The van der Waals surface area contributed by atoms with Gasteiger partial charge in [-0.3, -0.25) is 24.2 Å². The Hall–Kier alpha value is -2.73. The van der Waals surface area contributed by atoms with Gasteiger partial charge in [0.15, 0.2) is 5.96 Å². The number of rotatable bonds is 16. The molecule has 0 saturated heterocycles. The lowest BCUT2D eigenvalue weighted by atomic mass is 10.1. The molecule has 12 heteroatoms. The third-order valence-corrected chi connectivity index (χ3v) is 4.14. The van der Waals surface area contributed by atoms with Crippen LogP contribution in [0.2, 0.25) is 0 Å². The molecule has 3 amide bonds. The zero-order valence-corrected chi connectivity index (χ0v) is 17.8. The van der Waals surface area contributed by atoms with Gasteiger partial charge in [0.1, 0.15) is 11.8 Å². The number of nitrogens with one attached hydrogen (secondary N) is 4. The number of likely N-dealkylation sites (N-methyl/N-ethyl adjacent to an activating group) is 1. The summed E-state index contributed by atoms with van der Waals surface area (Å²) in [6.45, 7) is 1.84. The van der Waals surface area contributed by atoms with Gasteiger partial charge in [-0.1, -0.05) is 0 Å². The number of nitrogens with zero attached hydrogens (tertiary/aromatic N) is 1. The van der Waals surface area contributed by atoms with Crippen molar-refractivity contribution in [1.82, 2.24) is 21.3 Å². The molecular weight excluding hydrogens is 392 g/mol. The van der Waals surface area contributed by atoms with Crippen LogP contribution in [0.5, 0.6) is 0 Å². The molecule has 10 N–H and O–H groups in total. The predicted molar refractivity (Wildman–Crippen MR) is 114 cm³/mol. The first-order chi connectivity index (χ1) is 14.2. The monoisotopic (exact) mass is 428 g/mol. The highest BCUT2D eigenvalue weighted by molar-refractivity contribution is 5.92. The van der Waals surface area contributed by atoms with Crippen LogP contribution >= 0.6 is 0 Å². The topological polar surface area (TPSA) is 207 Å². The van der Waals surface area contributed by atoms with Crippen LogP contribution in [0, 0.1) is 0 Å². The van der Waals surface area contributed by atoms with Gasteiger partial charge in [0.25, 0.3) is 0 Å². The Labute approximate surface area is 177 Å². The summed E-state index contributed by atoms with van der Waals surface area (Å²) < 4.78 is 0. The molecule has 0 radical (unpaired) electrons. The molecule has 0 aromatic heterocycles. The Morgan fingerprint density at radius 1 is 0.900 bits per heavy atom. The fraction of sp³-hybridized carbons (Fsp3) is 0.722. The second-order valence-electron chi connectivity index (χ2n) is 6.83. The average Bonchev–Trinajstić information content (AvgIpc) is 2.69. The number of Topliss-reactive ketones (excluding diaryl/α,β-unsaturated/α-hetero) is 1. The van der Waals surface area contributed by atoms with Crippen LogP contribution in [0.3, 0.4) is 0 Å². The third kappa shape index (κ3) is 13.4. The molecular formula is C18H36N8O4. The van der Waals surface area contributed by atoms with Crippen molar-refractivity contribution in [2.45, 2.75) is 51.1 Å². The first-order valence-electron chi connectivity index (χ1n) is 9.98. The van der Waals surface area contributed by atoms with Gasteiger partial charge in [0.2, 0.25) is 17.7 Å². The second-order valence-corrected chi connectivity index (χ2v) is 6.83. The molecule has 2 atom stereocenters. The molecule has 0 spiro atoms. The summed E-state index contributed by atoms with van der Waals surface area (Å²) in [4.78, 5) is 51.6. The number of ketones is 1. The molecule has 12 nitrogen and oxygen atoms in total. The summed E-state index contributed by atoms with van der Waals surface area (Å²) in [5.74, 6) is -1.51. The van der Waals surface area contributed by atoms with Crippen LogP contribution < -0.4 is 38.5 Å². The first kappa shape index (κ1) is 27.3. The number of carbonyl (C=O) groups excluding carboxylic acids is 4. The van der Waals surface area contributed by atoms with Crippen molar-refractivity contribution in [3.8, 4) is 0 Å². The van der Waals surface area contributed by atoms with Crippen molar-refractivity contribution >= 4 is 29.5 Å². The molecule has 0 bridgehead atoms. The number of carbonyl (C=O) groups is 4. The van der Waals surface area contributed by atoms with E-state index in [2.05, 4.69) is 26.3 Å². The smallest absolute Gasteiger partial charge is 0.242 e. The highest BCUT2D eigenvalue weighted by Gasteiger charge is 2.22. The largest absolute Gasteiger partial charge is 0.370 e. The second kappa shape index (κ2) is 16.1. The van der Waals surface area contributed by atoms with Crippen LogP contribution in [0.4, 0.5) is 0 Å². The summed E-state index contributed by atoms with van der Waals surface area (Å²) >= 11 is 0. The van der Waals surface area contributed by atoms with E-state index >= 15 is 0 Å². The van der Waals surface area contributed by atoms with E-state index in [0.717, 1.165) is 0 Å². The highest BCUT2D eigenvalue weighted by atomic mass is 16.2. The van der Waals surface area contributed by atoms with Crippen molar-refractivity contribution in [2.75, 3.05) is 33.2 Å². The van der Waals surface area contributed by atoms with E-state index in [-0.39, 0.29) is 30.7 Å². The lowest BCUT2D eigenvalue weighted by molar-refractivity contribution is -0.131. The van der Waals surface area contributed by atoms with Crippen LogP contribution in [-0.2, 0) is 19.2 Å². The average molecular weight is 429 g/mol. The van der Waals surface area contributed by atoms with E-state index in [1.54, 1.807) is 7.05 Å². The molecule has 0 saturated carbocycles. The molecule has 0 rings (SSSR count). The normalized spacial score (nSPS) is 12.4. The molecule has 0 aliphatic heterocycles. The lowest BCUT2D eigenvalue weighted by Gasteiger charge is -2.19. The number of amides is 3. The lowest BCUT2D eigenvalue weighted by Crippen LogP contribution is -2.51. The van der Waals surface area contributed by atoms with Gasteiger partial charge in [-0.25, -0.2) is 0 Å². The van der Waals surface area contributed by atoms with Gasteiger partial charge in [0, 0.05) is 6.54 Å². The maximum atomic E-state index is 12.2. The molecule has 0 aromatic carbocycles. The predicted octanol–water partition coefficient (Wildman–Crippen LogP) is -2.94. The number of hydrogen-bond donors (Lipinski definition) is 7. The van der Waals surface area contributed by atoms with Crippen molar-refractivity contribution < 1.29 is 19.2 Å². The minimum Gasteiger partial charge on any atom is -0.370 e. The maximum Gasteiger partial charge on any atom is 0.242 e. The van der Waals surface area contributed by atoms with Crippen LogP contribution in [-0.4, -0.2) is 74.8 Å². The number of guanidine groups is 1. The molecule has 0 aliphatic rings. The molecule has 30 heavy (non-hydrogen) atoms. The number of hydrogen-bond acceptors (Lipinski definition) is 7.